The lowest BCUT2D eigenvalue weighted by Gasteiger charge is -2.12. The van der Waals surface area contributed by atoms with Crippen molar-refractivity contribution in [1.29, 1.82) is 0 Å². The molecule has 1 saturated carbocycles. The SMILES string of the molecule is NCC(CNC1CC1)c1ccc(Br)o1. The van der Waals surface area contributed by atoms with Gasteiger partial charge in [-0.25, -0.2) is 0 Å². The molecule has 0 bridgehead atoms. The largest absolute Gasteiger partial charge is 0.454 e. The predicted octanol–water partition coefficient (Wildman–Crippen LogP) is 1.84. The lowest BCUT2D eigenvalue weighted by Crippen LogP contribution is -2.27. The molecule has 2 rings (SSSR count). The first-order valence-electron chi connectivity index (χ1n) is 4.98. The van der Waals surface area contributed by atoms with Crippen LogP contribution in [0.3, 0.4) is 0 Å². The van der Waals surface area contributed by atoms with E-state index in [0.717, 1.165) is 23.0 Å². The molecule has 0 radical (unpaired) electrons. The lowest BCUT2D eigenvalue weighted by atomic mass is 10.1. The van der Waals surface area contributed by atoms with E-state index in [4.69, 9.17) is 10.2 Å². The molecule has 1 aliphatic rings. The third-order valence-electron chi connectivity index (χ3n) is 2.51. The second-order valence-corrected chi connectivity index (χ2v) is 4.54. The number of nitrogens with one attached hydrogen (secondary N) is 1. The third kappa shape index (κ3) is 2.59. The molecule has 78 valence electrons. The Kier molecular flexibility index (Phi) is 3.26. The van der Waals surface area contributed by atoms with Gasteiger partial charge in [-0.1, -0.05) is 0 Å². The highest BCUT2D eigenvalue weighted by molar-refractivity contribution is 9.10. The highest BCUT2D eigenvalue weighted by Gasteiger charge is 2.22. The standard InChI is InChI=1S/C10H15BrN2O/c11-10-4-3-9(14-10)7(5-12)6-13-8-1-2-8/h3-4,7-8,13H,1-2,5-6,12H2. The molecule has 0 aromatic carbocycles. The van der Waals surface area contributed by atoms with Gasteiger partial charge in [0.15, 0.2) is 4.67 Å². The Morgan fingerprint density at radius 1 is 1.57 bits per heavy atom. The van der Waals surface area contributed by atoms with Crippen LogP contribution in [0.2, 0.25) is 0 Å². The first-order valence-corrected chi connectivity index (χ1v) is 5.77. The third-order valence-corrected chi connectivity index (χ3v) is 2.94. The minimum Gasteiger partial charge on any atom is -0.454 e. The molecule has 1 fully saturated rings. The van der Waals surface area contributed by atoms with Crippen LogP contribution >= 0.6 is 15.9 Å². The minimum absolute atomic E-state index is 0.293. The first kappa shape index (κ1) is 10.2. The maximum atomic E-state index is 5.71. The average molecular weight is 259 g/mol. The molecule has 0 amide bonds. The van der Waals surface area contributed by atoms with Crippen molar-refractivity contribution in [3.05, 3.63) is 22.6 Å². The normalized spacial score (nSPS) is 18.4. The van der Waals surface area contributed by atoms with Gasteiger partial charge in [0.1, 0.15) is 5.76 Å². The summed E-state index contributed by atoms with van der Waals surface area (Å²) in [5, 5.41) is 3.46. The zero-order valence-electron chi connectivity index (χ0n) is 8.00. The van der Waals surface area contributed by atoms with E-state index in [9.17, 15) is 0 Å². The fourth-order valence-electron chi connectivity index (χ4n) is 1.44. The Morgan fingerprint density at radius 2 is 2.36 bits per heavy atom. The van der Waals surface area contributed by atoms with Gasteiger partial charge >= 0.3 is 0 Å². The van der Waals surface area contributed by atoms with Gasteiger partial charge in [-0.3, -0.25) is 0 Å². The zero-order chi connectivity index (χ0) is 9.97. The fourth-order valence-corrected chi connectivity index (χ4v) is 1.76. The van der Waals surface area contributed by atoms with Gasteiger partial charge < -0.3 is 15.5 Å². The van der Waals surface area contributed by atoms with Gasteiger partial charge in [0.2, 0.25) is 0 Å². The Bertz CT molecular complexity index is 296. The quantitative estimate of drug-likeness (QED) is 0.848. The summed E-state index contributed by atoms with van der Waals surface area (Å²) in [5.41, 5.74) is 5.71. The van der Waals surface area contributed by atoms with Crippen LogP contribution in [0.1, 0.15) is 24.5 Å². The molecule has 1 aromatic rings. The van der Waals surface area contributed by atoms with Crippen molar-refractivity contribution in [1.82, 2.24) is 5.32 Å². The van der Waals surface area contributed by atoms with E-state index in [0.29, 0.717) is 12.5 Å². The number of halogens is 1. The second kappa shape index (κ2) is 4.47. The Labute approximate surface area is 92.2 Å². The van der Waals surface area contributed by atoms with Crippen molar-refractivity contribution in [2.24, 2.45) is 5.73 Å². The first-order chi connectivity index (χ1) is 6.79. The molecule has 1 atom stereocenters. The highest BCUT2D eigenvalue weighted by Crippen LogP contribution is 2.23. The summed E-state index contributed by atoms with van der Waals surface area (Å²) in [6.45, 7) is 1.54. The molecule has 1 aliphatic carbocycles. The molecule has 14 heavy (non-hydrogen) atoms. The van der Waals surface area contributed by atoms with Gasteiger partial charge in [-0.2, -0.15) is 0 Å². The molecular weight excluding hydrogens is 244 g/mol. The van der Waals surface area contributed by atoms with Crippen LogP contribution in [0, 0.1) is 0 Å². The summed E-state index contributed by atoms with van der Waals surface area (Å²) >= 11 is 3.29. The monoisotopic (exact) mass is 258 g/mol. The van der Waals surface area contributed by atoms with Crippen LogP contribution in [-0.2, 0) is 0 Å². The predicted molar refractivity (Wildman–Crippen MR) is 59.2 cm³/mol. The van der Waals surface area contributed by atoms with E-state index in [1.54, 1.807) is 0 Å². The van der Waals surface area contributed by atoms with Crippen molar-refractivity contribution >= 4 is 15.9 Å². The fraction of sp³-hybridized carbons (Fsp3) is 0.600. The minimum atomic E-state index is 0.293. The Balaban J connectivity index is 1.90. The zero-order valence-corrected chi connectivity index (χ0v) is 9.59. The lowest BCUT2D eigenvalue weighted by molar-refractivity contribution is 0.433. The summed E-state index contributed by atoms with van der Waals surface area (Å²) in [5.74, 6) is 1.26. The summed E-state index contributed by atoms with van der Waals surface area (Å²) in [6.07, 6.45) is 2.61. The number of hydrogen-bond donors (Lipinski definition) is 2. The van der Waals surface area contributed by atoms with Crippen LogP contribution < -0.4 is 11.1 Å². The van der Waals surface area contributed by atoms with E-state index in [2.05, 4.69) is 21.2 Å². The molecule has 0 saturated heterocycles. The smallest absolute Gasteiger partial charge is 0.169 e. The van der Waals surface area contributed by atoms with Crippen molar-refractivity contribution < 1.29 is 4.42 Å². The molecule has 1 heterocycles. The number of furan rings is 1. The molecule has 4 heteroatoms. The molecule has 3 nitrogen and oxygen atoms in total. The van der Waals surface area contributed by atoms with Crippen LogP contribution in [0.25, 0.3) is 0 Å². The maximum absolute atomic E-state index is 5.71. The van der Waals surface area contributed by atoms with E-state index in [1.807, 2.05) is 12.1 Å². The highest BCUT2D eigenvalue weighted by atomic mass is 79.9. The number of hydrogen-bond acceptors (Lipinski definition) is 3. The van der Waals surface area contributed by atoms with Crippen molar-refractivity contribution in [3.8, 4) is 0 Å². The Hall–Kier alpha value is -0.320. The van der Waals surface area contributed by atoms with E-state index < -0.39 is 0 Å². The number of rotatable bonds is 5. The van der Waals surface area contributed by atoms with Gasteiger partial charge in [0, 0.05) is 25.0 Å². The number of nitrogens with two attached hydrogens (primary N) is 1. The summed E-state index contributed by atoms with van der Waals surface area (Å²) < 4.78 is 6.26. The van der Waals surface area contributed by atoms with Crippen LogP contribution in [0.5, 0.6) is 0 Å². The molecule has 1 unspecified atom stereocenters. The van der Waals surface area contributed by atoms with Gasteiger partial charge in [-0.15, -0.1) is 0 Å². The van der Waals surface area contributed by atoms with Gasteiger partial charge in [0.05, 0.1) is 0 Å². The molecule has 1 aromatic heterocycles. The molecular formula is C10H15BrN2O. The molecule has 0 spiro atoms. The van der Waals surface area contributed by atoms with Crippen LogP contribution in [-0.4, -0.2) is 19.1 Å². The van der Waals surface area contributed by atoms with Crippen molar-refractivity contribution in [3.63, 3.8) is 0 Å². The Morgan fingerprint density at radius 3 is 2.86 bits per heavy atom. The molecule has 0 aliphatic heterocycles. The van der Waals surface area contributed by atoms with Gasteiger partial charge in [0.25, 0.3) is 0 Å². The van der Waals surface area contributed by atoms with Crippen molar-refractivity contribution in [2.75, 3.05) is 13.1 Å². The van der Waals surface area contributed by atoms with Crippen LogP contribution in [0.4, 0.5) is 0 Å². The topological polar surface area (TPSA) is 51.2 Å². The van der Waals surface area contributed by atoms with E-state index >= 15 is 0 Å². The van der Waals surface area contributed by atoms with E-state index in [1.165, 1.54) is 12.8 Å². The summed E-state index contributed by atoms with van der Waals surface area (Å²) in [4.78, 5) is 0. The summed E-state index contributed by atoms with van der Waals surface area (Å²) in [7, 11) is 0. The average Bonchev–Trinajstić information content (AvgIpc) is 2.90. The van der Waals surface area contributed by atoms with Crippen molar-refractivity contribution in [2.45, 2.75) is 24.8 Å². The second-order valence-electron chi connectivity index (χ2n) is 3.76. The maximum Gasteiger partial charge on any atom is 0.169 e. The molecule has 3 N–H and O–H groups in total. The van der Waals surface area contributed by atoms with Gasteiger partial charge in [-0.05, 0) is 40.9 Å². The van der Waals surface area contributed by atoms with Crippen LogP contribution in [0.15, 0.2) is 21.2 Å². The van der Waals surface area contributed by atoms with E-state index in [-0.39, 0.29) is 0 Å². The summed E-state index contributed by atoms with van der Waals surface area (Å²) in [6, 6.07) is 4.62.